The molecule has 1 aromatic rings. The number of anilines is 1. The van der Waals surface area contributed by atoms with E-state index in [9.17, 15) is 9.00 Å². The lowest BCUT2D eigenvalue weighted by Gasteiger charge is -2.06. The molecule has 0 saturated heterocycles. The average molecular weight is 256 g/mol. The number of nitrogens with one attached hydrogen (secondary N) is 2. The molecule has 0 aromatic carbocycles. The molecule has 0 radical (unpaired) electrons. The van der Waals surface area contributed by atoms with Crippen LogP contribution >= 0.6 is 0 Å². The molecule has 1 unspecified atom stereocenters. The van der Waals surface area contributed by atoms with Crippen molar-refractivity contribution in [3.05, 3.63) is 17.5 Å². The van der Waals surface area contributed by atoms with Gasteiger partial charge in [-0.1, -0.05) is 0 Å². The lowest BCUT2D eigenvalue weighted by Crippen LogP contribution is -2.28. The van der Waals surface area contributed by atoms with E-state index in [-0.39, 0.29) is 5.91 Å². The molecular formula is C10H16N4O2S. The second-order valence-electron chi connectivity index (χ2n) is 3.50. The first-order valence-corrected chi connectivity index (χ1v) is 6.87. The Balaban J connectivity index is 2.68. The highest BCUT2D eigenvalue weighted by atomic mass is 32.2. The molecule has 1 rings (SSSR count). The average Bonchev–Trinajstić information content (AvgIpc) is 2.27. The van der Waals surface area contributed by atoms with Crippen molar-refractivity contribution in [1.82, 2.24) is 15.3 Å². The maximum atomic E-state index is 11.7. The predicted octanol–water partition coefficient (Wildman–Crippen LogP) is -0.0650. The standard InChI is InChI=1S/C10H16N4O2S/c1-7-6-8(14-10(11-2)13-7)9(15)12-4-5-17(3)16/h6H,4-5H2,1-3H3,(H,12,15)(H,11,13,14). The summed E-state index contributed by atoms with van der Waals surface area (Å²) in [7, 11) is 0.783. The first-order chi connectivity index (χ1) is 8.02. The monoisotopic (exact) mass is 256 g/mol. The third-order valence-corrected chi connectivity index (χ3v) is 2.76. The fourth-order valence-corrected chi connectivity index (χ4v) is 1.59. The molecule has 1 aromatic heterocycles. The zero-order valence-electron chi connectivity index (χ0n) is 10.1. The SMILES string of the molecule is CNc1nc(C)cc(C(=O)NCCS(C)=O)n1. The van der Waals surface area contributed by atoms with Gasteiger partial charge in [-0.05, 0) is 13.0 Å². The van der Waals surface area contributed by atoms with Gasteiger partial charge in [0.2, 0.25) is 5.95 Å². The first-order valence-electron chi connectivity index (χ1n) is 5.14. The van der Waals surface area contributed by atoms with Gasteiger partial charge in [-0.15, -0.1) is 0 Å². The van der Waals surface area contributed by atoms with Crippen LogP contribution in [0.2, 0.25) is 0 Å². The van der Waals surface area contributed by atoms with Gasteiger partial charge in [0.1, 0.15) is 5.69 Å². The molecule has 1 heterocycles. The van der Waals surface area contributed by atoms with Crippen LogP contribution in [0.25, 0.3) is 0 Å². The predicted molar refractivity (Wildman–Crippen MR) is 67.6 cm³/mol. The van der Waals surface area contributed by atoms with Crippen LogP contribution in [0, 0.1) is 6.92 Å². The zero-order chi connectivity index (χ0) is 12.8. The number of hydrogen-bond donors (Lipinski definition) is 2. The van der Waals surface area contributed by atoms with Crippen LogP contribution in [0.4, 0.5) is 5.95 Å². The van der Waals surface area contributed by atoms with E-state index in [0.29, 0.717) is 29.6 Å². The molecule has 1 amide bonds. The fourth-order valence-electron chi connectivity index (χ4n) is 1.20. The van der Waals surface area contributed by atoms with E-state index in [1.54, 1.807) is 26.3 Å². The summed E-state index contributed by atoms with van der Waals surface area (Å²) in [5.74, 6) is 0.570. The number of amides is 1. The van der Waals surface area contributed by atoms with Gasteiger partial charge in [0.25, 0.3) is 5.91 Å². The summed E-state index contributed by atoms with van der Waals surface area (Å²) in [6.45, 7) is 2.17. The largest absolute Gasteiger partial charge is 0.357 e. The van der Waals surface area contributed by atoms with Gasteiger partial charge in [0.05, 0.1) is 0 Å². The third-order valence-electron chi connectivity index (χ3n) is 1.99. The Morgan fingerprint density at radius 1 is 1.47 bits per heavy atom. The van der Waals surface area contributed by atoms with Crippen LogP contribution in [0.15, 0.2) is 6.07 Å². The zero-order valence-corrected chi connectivity index (χ0v) is 10.9. The van der Waals surface area contributed by atoms with Crippen LogP contribution < -0.4 is 10.6 Å². The Bertz CT molecular complexity index is 436. The highest BCUT2D eigenvalue weighted by Gasteiger charge is 2.09. The Morgan fingerprint density at radius 3 is 2.76 bits per heavy atom. The number of nitrogens with zero attached hydrogens (tertiary/aromatic N) is 2. The van der Waals surface area contributed by atoms with Crippen molar-refractivity contribution in [3.63, 3.8) is 0 Å². The summed E-state index contributed by atoms with van der Waals surface area (Å²) >= 11 is 0. The van der Waals surface area contributed by atoms with Gasteiger partial charge in [0, 0.05) is 42.1 Å². The first kappa shape index (κ1) is 13.6. The van der Waals surface area contributed by atoms with Gasteiger partial charge < -0.3 is 10.6 Å². The lowest BCUT2D eigenvalue weighted by atomic mass is 10.3. The molecule has 0 spiro atoms. The van der Waals surface area contributed by atoms with Gasteiger partial charge >= 0.3 is 0 Å². The maximum absolute atomic E-state index is 11.7. The molecule has 1 atom stereocenters. The Labute approximate surface area is 103 Å². The van der Waals surface area contributed by atoms with Gasteiger partial charge in [-0.2, -0.15) is 0 Å². The van der Waals surface area contributed by atoms with E-state index in [0.717, 1.165) is 0 Å². The minimum Gasteiger partial charge on any atom is -0.357 e. The van der Waals surface area contributed by atoms with Crippen molar-refractivity contribution in [2.75, 3.05) is 30.9 Å². The molecule has 7 heteroatoms. The molecule has 6 nitrogen and oxygen atoms in total. The second kappa shape index (κ2) is 6.29. The van der Waals surface area contributed by atoms with Crippen molar-refractivity contribution < 1.29 is 9.00 Å². The Kier molecular flexibility index (Phi) is 5.02. The number of carbonyl (C=O) groups is 1. The molecular weight excluding hydrogens is 240 g/mol. The number of rotatable bonds is 5. The van der Waals surface area contributed by atoms with Crippen LogP contribution in [-0.4, -0.2) is 45.7 Å². The third kappa shape index (κ3) is 4.48. The Hall–Kier alpha value is -1.50. The summed E-state index contributed by atoms with van der Waals surface area (Å²) in [5, 5.41) is 5.45. The van der Waals surface area contributed by atoms with Crippen LogP contribution in [-0.2, 0) is 10.8 Å². The highest BCUT2D eigenvalue weighted by Crippen LogP contribution is 2.03. The Morgan fingerprint density at radius 2 is 2.18 bits per heavy atom. The normalized spacial score (nSPS) is 11.9. The minimum atomic E-state index is -0.909. The van der Waals surface area contributed by atoms with Crippen LogP contribution in [0.3, 0.4) is 0 Å². The summed E-state index contributed by atoms with van der Waals surface area (Å²) in [6, 6.07) is 1.61. The van der Waals surface area contributed by atoms with Crippen LogP contribution in [0.1, 0.15) is 16.2 Å². The van der Waals surface area contributed by atoms with Crippen molar-refractivity contribution in [2.24, 2.45) is 0 Å². The summed E-state index contributed by atoms with van der Waals surface area (Å²) < 4.78 is 10.8. The number of aromatic nitrogens is 2. The molecule has 0 aliphatic rings. The van der Waals surface area contributed by atoms with E-state index in [1.165, 1.54) is 0 Å². The molecule has 17 heavy (non-hydrogen) atoms. The molecule has 94 valence electrons. The van der Waals surface area contributed by atoms with E-state index in [4.69, 9.17) is 0 Å². The highest BCUT2D eigenvalue weighted by molar-refractivity contribution is 7.84. The van der Waals surface area contributed by atoms with E-state index in [2.05, 4.69) is 20.6 Å². The van der Waals surface area contributed by atoms with E-state index >= 15 is 0 Å². The quantitative estimate of drug-likeness (QED) is 0.770. The number of hydrogen-bond acceptors (Lipinski definition) is 5. The van der Waals surface area contributed by atoms with Gasteiger partial charge in [-0.25, -0.2) is 9.97 Å². The second-order valence-corrected chi connectivity index (χ2v) is 5.06. The topological polar surface area (TPSA) is 84.0 Å². The van der Waals surface area contributed by atoms with Crippen molar-refractivity contribution >= 4 is 22.7 Å². The fraction of sp³-hybridized carbons (Fsp3) is 0.500. The molecule has 2 N–H and O–H groups in total. The summed E-state index contributed by atoms with van der Waals surface area (Å²) in [4.78, 5) is 19.9. The summed E-state index contributed by atoms with van der Waals surface area (Å²) in [5.41, 5.74) is 1.03. The van der Waals surface area contributed by atoms with Crippen molar-refractivity contribution in [1.29, 1.82) is 0 Å². The molecule has 0 aliphatic heterocycles. The minimum absolute atomic E-state index is 0.280. The van der Waals surface area contributed by atoms with E-state index in [1.807, 2.05) is 0 Å². The summed E-state index contributed by atoms with van der Waals surface area (Å²) in [6.07, 6.45) is 1.60. The van der Waals surface area contributed by atoms with Gasteiger partial charge in [0.15, 0.2) is 0 Å². The lowest BCUT2D eigenvalue weighted by molar-refractivity contribution is 0.0951. The molecule has 0 saturated carbocycles. The van der Waals surface area contributed by atoms with E-state index < -0.39 is 10.8 Å². The molecule has 0 bridgehead atoms. The van der Waals surface area contributed by atoms with Crippen molar-refractivity contribution in [3.8, 4) is 0 Å². The molecule has 0 fully saturated rings. The maximum Gasteiger partial charge on any atom is 0.270 e. The smallest absolute Gasteiger partial charge is 0.270 e. The number of carbonyl (C=O) groups excluding carboxylic acids is 1. The van der Waals surface area contributed by atoms with Crippen LogP contribution in [0.5, 0.6) is 0 Å². The number of aryl methyl sites for hydroxylation is 1. The van der Waals surface area contributed by atoms with Gasteiger partial charge in [-0.3, -0.25) is 9.00 Å². The molecule has 0 aliphatic carbocycles. The van der Waals surface area contributed by atoms with Crippen molar-refractivity contribution in [2.45, 2.75) is 6.92 Å².